The summed E-state index contributed by atoms with van der Waals surface area (Å²) in [6.07, 6.45) is 8.98. The number of aliphatic imine (C=N–C) groups is 1. The fourth-order valence-electron chi connectivity index (χ4n) is 3.95. The predicted molar refractivity (Wildman–Crippen MR) is 135 cm³/mol. The number of terminal acetylenes is 1. The van der Waals surface area contributed by atoms with E-state index in [1.54, 1.807) is 12.3 Å². The molecule has 0 bridgehead atoms. The van der Waals surface area contributed by atoms with Crippen molar-refractivity contribution in [1.29, 1.82) is 0 Å². The SMILES string of the molecule is C#CCNC(=C)c1cc(C(=O)C2=C(C)CN=C2c2ccc(CCc3ccccc3)cc2)c[nH]1. The van der Waals surface area contributed by atoms with Gasteiger partial charge < -0.3 is 10.3 Å². The van der Waals surface area contributed by atoms with Gasteiger partial charge in [0.2, 0.25) is 0 Å². The number of rotatable bonds is 9. The zero-order chi connectivity index (χ0) is 23.2. The maximum atomic E-state index is 13.4. The Morgan fingerprint density at radius 3 is 2.52 bits per heavy atom. The van der Waals surface area contributed by atoms with E-state index in [9.17, 15) is 4.79 Å². The number of nitrogens with one attached hydrogen (secondary N) is 2. The summed E-state index contributed by atoms with van der Waals surface area (Å²) in [7, 11) is 0. The maximum absolute atomic E-state index is 13.4. The summed E-state index contributed by atoms with van der Waals surface area (Å²) in [5.41, 5.74) is 7.97. The number of carbonyl (C=O) groups is 1. The topological polar surface area (TPSA) is 57.2 Å². The molecule has 4 heteroatoms. The lowest BCUT2D eigenvalue weighted by Crippen LogP contribution is -2.13. The minimum absolute atomic E-state index is 0.0378. The summed E-state index contributed by atoms with van der Waals surface area (Å²) in [5.74, 6) is 2.48. The highest BCUT2D eigenvalue weighted by molar-refractivity contribution is 6.34. The number of carbonyl (C=O) groups excluding carboxylic acids is 1. The average Bonchev–Trinajstić information content (AvgIpc) is 3.49. The molecule has 3 aromatic rings. The van der Waals surface area contributed by atoms with Crippen molar-refractivity contribution in [2.75, 3.05) is 13.1 Å². The molecular weight excluding hydrogens is 406 g/mol. The lowest BCUT2D eigenvalue weighted by atomic mass is 9.93. The van der Waals surface area contributed by atoms with Gasteiger partial charge in [0.05, 0.1) is 30.2 Å². The van der Waals surface area contributed by atoms with Crippen LogP contribution in [0.5, 0.6) is 0 Å². The highest BCUT2D eigenvalue weighted by atomic mass is 16.1. The van der Waals surface area contributed by atoms with Crippen molar-refractivity contribution in [1.82, 2.24) is 10.3 Å². The quantitative estimate of drug-likeness (QED) is 0.369. The number of hydrogen-bond donors (Lipinski definition) is 2. The van der Waals surface area contributed by atoms with E-state index in [-0.39, 0.29) is 5.78 Å². The van der Waals surface area contributed by atoms with Crippen molar-refractivity contribution in [3.63, 3.8) is 0 Å². The van der Waals surface area contributed by atoms with E-state index in [0.29, 0.717) is 29.9 Å². The highest BCUT2D eigenvalue weighted by Gasteiger charge is 2.26. The van der Waals surface area contributed by atoms with Gasteiger partial charge in [0.25, 0.3) is 0 Å². The monoisotopic (exact) mass is 433 g/mol. The zero-order valence-corrected chi connectivity index (χ0v) is 18.8. The van der Waals surface area contributed by atoms with Gasteiger partial charge in [-0.15, -0.1) is 6.42 Å². The van der Waals surface area contributed by atoms with Crippen LogP contribution in [0, 0.1) is 12.3 Å². The molecule has 2 N–H and O–H groups in total. The van der Waals surface area contributed by atoms with Crippen LogP contribution in [-0.4, -0.2) is 29.6 Å². The van der Waals surface area contributed by atoms with Crippen molar-refractivity contribution in [2.24, 2.45) is 4.99 Å². The van der Waals surface area contributed by atoms with E-state index in [1.807, 2.05) is 13.0 Å². The molecule has 0 aliphatic carbocycles. The molecule has 33 heavy (non-hydrogen) atoms. The van der Waals surface area contributed by atoms with E-state index in [1.165, 1.54) is 11.1 Å². The Morgan fingerprint density at radius 1 is 1.12 bits per heavy atom. The molecule has 0 amide bonds. The zero-order valence-electron chi connectivity index (χ0n) is 18.8. The van der Waals surface area contributed by atoms with Gasteiger partial charge in [0, 0.05) is 22.9 Å². The second kappa shape index (κ2) is 10.0. The van der Waals surface area contributed by atoms with Gasteiger partial charge >= 0.3 is 0 Å². The molecule has 1 aliphatic heterocycles. The Morgan fingerprint density at radius 2 is 1.82 bits per heavy atom. The standard InChI is InChI=1S/C29H27N3O/c1-4-16-30-21(3)26-17-25(19-31-26)29(33)27-20(2)18-32-28(27)24-14-12-23(13-15-24)11-10-22-8-6-5-7-9-22/h1,5-9,12-15,17,19,30-31H,3,10-11,16,18H2,2H3. The maximum Gasteiger partial charge on any atom is 0.196 e. The molecule has 0 fully saturated rings. The van der Waals surface area contributed by atoms with Crippen LogP contribution in [0.1, 0.15) is 39.7 Å². The minimum Gasteiger partial charge on any atom is -0.373 e. The Hall–Kier alpha value is -4.10. The molecule has 164 valence electrons. The number of allylic oxidation sites excluding steroid dienone is 1. The normalized spacial score (nSPS) is 12.9. The fourth-order valence-corrected chi connectivity index (χ4v) is 3.95. The lowest BCUT2D eigenvalue weighted by Gasteiger charge is -2.09. The largest absolute Gasteiger partial charge is 0.373 e. The molecule has 0 saturated carbocycles. The molecule has 0 atom stereocenters. The Kier molecular flexibility index (Phi) is 6.71. The number of nitrogens with zero attached hydrogens (tertiary/aromatic N) is 1. The first-order valence-electron chi connectivity index (χ1n) is 11.0. The third kappa shape index (κ3) is 5.05. The number of H-pyrrole nitrogens is 1. The van der Waals surface area contributed by atoms with E-state index in [0.717, 1.165) is 35.4 Å². The van der Waals surface area contributed by atoms with Gasteiger partial charge in [0.15, 0.2) is 5.78 Å². The first-order chi connectivity index (χ1) is 16.1. The number of aromatic amines is 1. The fraction of sp³-hybridized carbons (Fsp3) is 0.172. The van der Waals surface area contributed by atoms with E-state index < -0.39 is 0 Å². The molecule has 1 aromatic heterocycles. The average molecular weight is 434 g/mol. The van der Waals surface area contributed by atoms with E-state index >= 15 is 0 Å². The molecule has 0 radical (unpaired) electrons. The van der Waals surface area contributed by atoms with Crippen LogP contribution in [0.15, 0.2) is 89.6 Å². The Balaban J connectivity index is 1.48. The summed E-state index contributed by atoms with van der Waals surface area (Å²) in [6.45, 7) is 6.86. The third-order valence-corrected chi connectivity index (χ3v) is 5.81. The first kappa shape index (κ1) is 22.1. The van der Waals surface area contributed by atoms with Crippen molar-refractivity contribution in [3.05, 3.63) is 113 Å². The lowest BCUT2D eigenvalue weighted by molar-refractivity contribution is 0.104. The number of hydrogen-bond acceptors (Lipinski definition) is 3. The summed E-state index contributed by atoms with van der Waals surface area (Å²) in [5, 5.41) is 3.03. The molecule has 0 spiro atoms. The number of aryl methyl sites for hydroxylation is 2. The number of benzene rings is 2. The molecule has 0 unspecified atom stereocenters. The second-order valence-corrected chi connectivity index (χ2v) is 8.17. The Bertz CT molecular complexity index is 1270. The van der Waals surface area contributed by atoms with Gasteiger partial charge in [-0.25, -0.2) is 0 Å². The number of Topliss-reactive ketones (excluding diaryl/α,β-unsaturated/α-hetero) is 1. The van der Waals surface area contributed by atoms with Crippen molar-refractivity contribution < 1.29 is 4.79 Å². The molecular formula is C29H27N3O. The third-order valence-electron chi connectivity index (χ3n) is 5.81. The summed E-state index contributed by atoms with van der Waals surface area (Å²) in [6, 6.07) is 20.7. The molecule has 4 nitrogen and oxygen atoms in total. The van der Waals surface area contributed by atoms with Crippen LogP contribution < -0.4 is 5.32 Å². The van der Waals surface area contributed by atoms with Gasteiger partial charge in [-0.1, -0.05) is 67.1 Å². The van der Waals surface area contributed by atoms with Crippen molar-refractivity contribution in [2.45, 2.75) is 19.8 Å². The summed E-state index contributed by atoms with van der Waals surface area (Å²) >= 11 is 0. The van der Waals surface area contributed by atoms with Gasteiger partial charge in [-0.2, -0.15) is 0 Å². The summed E-state index contributed by atoms with van der Waals surface area (Å²) in [4.78, 5) is 21.2. The van der Waals surface area contributed by atoms with Gasteiger partial charge in [-0.05, 0) is 42.5 Å². The van der Waals surface area contributed by atoms with Crippen molar-refractivity contribution >= 4 is 17.2 Å². The molecule has 0 saturated heterocycles. The van der Waals surface area contributed by atoms with Crippen LogP contribution in [0.4, 0.5) is 0 Å². The van der Waals surface area contributed by atoms with E-state index in [4.69, 9.17) is 6.42 Å². The van der Waals surface area contributed by atoms with Crippen molar-refractivity contribution in [3.8, 4) is 12.3 Å². The number of ketones is 1. The molecule has 4 rings (SSSR count). The van der Waals surface area contributed by atoms with Crippen LogP contribution in [-0.2, 0) is 12.8 Å². The highest BCUT2D eigenvalue weighted by Crippen LogP contribution is 2.25. The second-order valence-electron chi connectivity index (χ2n) is 8.17. The predicted octanol–water partition coefficient (Wildman–Crippen LogP) is 5.00. The van der Waals surface area contributed by atoms with Crippen LogP contribution in [0.3, 0.4) is 0 Å². The molecule has 2 aromatic carbocycles. The molecule has 1 aliphatic rings. The van der Waals surface area contributed by atoms with Crippen LogP contribution in [0.25, 0.3) is 5.70 Å². The smallest absolute Gasteiger partial charge is 0.196 e. The van der Waals surface area contributed by atoms with Crippen LogP contribution >= 0.6 is 0 Å². The Labute approximate surface area is 195 Å². The molecule has 2 heterocycles. The number of aromatic nitrogens is 1. The van der Waals surface area contributed by atoms with Crippen LogP contribution in [0.2, 0.25) is 0 Å². The van der Waals surface area contributed by atoms with Gasteiger partial charge in [-0.3, -0.25) is 9.79 Å². The van der Waals surface area contributed by atoms with E-state index in [2.05, 4.69) is 76.3 Å². The first-order valence-corrected chi connectivity index (χ1v) is 11.0. The minimum atomic E-state index is -0.0378. The van der Waals surface area contributed by atoms with Gasteiger partial charge in [0.1, 0.15) is 0 Å². The summed E-state index contributed by atoms with van der Waals surface area (Å²) < 4.78 is 0.